The number of hydrogen-bond acceptors (Lipinski definition) is 5. The molecule has 0 aliphatic carbocycles. The number of hydrogen-bond donors (Lipinski definition) is 2. The van der Waals surface area contributed by atoms with E-state index in [2.05, 4.69) is 33.5 Å². The zero-order valence-electron chi connectivity index (χ0n) is 14.4. The lowest BCUT2D eigenvalue weighted by atomic mass is 10.2. The van der Waals surface area contributed by atoms with Gasteiger partial charge in [0.15, 0.2) is 0 Å². The smallest absolute Gasteiger partial charge is 0.217 e. The van der Waals surface area contributed by atoms with Crippen LogP contribution < -0.4 is 10.1 Å². The Kier molecular flexibility index (Phi) is 5.67. The monoisotopic (exact) mass is 344 g/mol. The molecule has 2 heterocycles. The van der Waals surface area contributed by atoms with E-state index in [1.54, 1.807) is 0 Å². The molecule has 1 aliphatic rings. The number of rotatable bonds is 7. The quantitative estimate of drug-likeness (QED) is 0.780. The van der Waals surface area contributed by atoms with E-state index in [1.807, 2.05) is 16.8 Å². The fourth-order valence-corrected chi connectivity index (χ4v) is 2.93. The summed E-state index contributed by atoms with van der Waals surface area (Å²) in [7, 11) is 0. The minimum absolute atomic E-state index is 0.0210. The lowest BCUT2D eigenvalue weighted by Crippen LogP contribution is -2.33. The number of aromatic nitrogens is 2. The minimum atomic E-state index is -0.0426. The summed E-state index contributed by atoms with van der Waals surface area (Å²) in [5.74, 6) is 0.733. The maximum atomic E-state index is 11.0. The molecule has 0 radical (unpaired) electrons. The molecule has 7 heteroatoms. The Bertz CT molecular complexity index is 712. The van der Waals surface area contributed by atoms with Crippen molar-refractivity contribution >= 4 is 5.91 Å². The summed E-state index contributed by atoms with van der Waals surface area (Å²) >= 11 is 0. The molecule has 25 heavy (non-hydrogen) atoms. The number of aliphatic hydroxyl groups excluding tert-OH is 1. The van der Waals surface area contributed by atoms with E-state index in [0.717, 1.165) is 37.6 Å². The lowest BCUT2D eigenvalue weighted by molar-refractivity contribution is -0.119. The van der Waals surface area contributed by atoms with Gasteiger partial charge in [-0.25, -0.2) is 0 Å². The average Bonchev–Trinajstić information content (AvgIpc) is 3.01. The zero-order valence-corrected chi connectivity index (χ0v) is 14.4. The molecular formula is C18H24N4O3. The number of carbonyl (C=O) groups excluding carboxylic acids is 1. The molecule has 1 aliphatic heterocycles. The molecule has 1 aromatic carbocycles. The van der Waals surface area contributed by atoms with Crippen LogP contribution in [0.1, 0.15) is 23.9 Å². The number of ether oxygens (including phenoxy) is 1. The summed E-state index contributed by atoms with van der Waals surface area (Å²) in [5, 5.41) is 16.1. The van der Waals surface area contributed by atoms with Crippen LogP contribution >= 0.6 is 0 Å². The van der Waals surface area contributed by atoms with Crippen molar-refractivity contribution in [1.29, 1.82) is 0 Å². The number of nitrogens with zero attached hydrogens (tertiary/aromatic N) is 3. The van der Waals surface area contributed by atoms with Crippen molar-refractivity contribution in [2.45, 2.75) is 33.1 Å². The van der Waals surface area contributed by atoms with Crippen LogP contribution in [0.25, 0.3) is 0 Å². The van der Waals surface area contributed by atoms with Crippen molar-refractivity contribution in [3.8, 4) is 5.75 Å². The standard InChI is InChI=1S/C18H24N4O3/c1-14(24)19-11-16-10-17-13-21(6-7-22(17)20-16)12-15-2-4-18(5-3-15)25-9-8-23/h2-5,10,23H,6-9,11-13H2,1H3,(H,19,24). The van der Waals surface area contributed by atoms with Gasteiger partial charge in [0.05, 0.1) is 31.1 Å². The number of nitrogens with one attached hydrogen (secondary N) is 1. The first-order chi connectivity index (χ1) is 12.1. The van der Waals surface area contributed by atoms with Crippen LogP contribution in [0, 0.1) is 0 Å². The van der Waals surface area contributed by atoms with Gasteiger partial charge in [-0.05, 0) is 23.8 Å². The summed E-state index contributed by atoms with van der Waals surface area (Å²) < 4.78 is 7.41. The molecule has 1 amide bonds. The molecule has 7 nitrogen and oxygen atoms in total. The Morgan fingerprint density at radius 2 is 2.12 bits per heavy atom. The Labute approximate surface area is 147 Å². The number of amides is 1. The van der Waals surface area contributed by atoms with Gasteiger partial charge in [0.1, 0.15) is 12.4 Å². The second-order valence-electron chi connectivity index (χ2n) is 6.19. The summed E-state index contributed by atoms with van der Waals surface area (Å²) in [6, 6.07) is 10.0. The van der Waals surface area contributed by atoms with Crippen molar-refractivity contribution in [1.82, 2.24) is 20.0 Å². The predicted octanol–water partition coefficient (Wildman–Crippen LogP) is 0.906. The highest BCUT2D eigenvalue weighted by Gasteiger charge is 2.18. The van der Waals surface area contributed by atoms with Crippen LogP contribution in [0.2, 0.25) is 0 Å². The van der Waals surface area contributed by atoms with E-state index in [1.165, 1.54) is 18.2 Å². The van der Waals surface area contributed by atoms with E-state index in [9.17, 15) is 4.79 Å². The Morgan fingerprint density at radius 3 is 2.84 bits per heavy atom. The molecule has 134 valence electrons. The van der Waals surface area contributed by atoms with Crippen molar-refractivity contribution in [3.05, 3.63) is 47.3 Å². The molecule has 0 spiro atoms. The van der Waals surface area contributed by atoms with Crippen LogP contribution in [-0.4, -0.2) is 45.5 Å². The van der Waals surface area contributed by atoms with Gasteiger partial charge in [-0.1, -0.05) is 12.1 Å². The van der Waals surface area contributed by atoms with Gasteiger partial charge < -0.3 is 15.2 Å². The van der Waals surface area contributed by atoms with Crippen LogP contribution in [-0.2, 0) is 31.0 Å². The SMILES string of the molecule is CC(=O)NCc1cc2n(n1)CCN(Cc1ccc(OCCO)cc1)C2. The molecule has 0 atom stereocenters. The molecule has 0 fully saturated rings. The summed E-state index contributed by atoms with van der Waals surface area (Å²) in [6.07, 6.45) is 0. The molecule has 2 aromatic rings. The minimum Gasteiger partial charge on any atom is -0.491 e. The average molecular weight is 344 g/mol. The third kappa shape index (κ3) is 4.80. The van der Waals surface area contributed by atoms with Crippen molar-refractivity contribution in [3.63, 3.8) is 0 Å². The highest BCUT2D eigenvalue weighted by atomic mass is 16.5. The molecule has 0 saturated carbocycles. The number of carbonyl (C=O) groups is 1. The first-order valence-corrected chi connectivity index (χ1v) is 8.49. The van der Waals surface area contributed by atoms with Crippen molar-refractivity contribution in [2.24, 2.45) is 0 Å². The fourth-order valence-electron chi connectivity index (χ4n) is 2.93. The first kappa shape index (κ1) is 17.4. The Hall–Kier alpha value is -2.38. The predicted molar refractivity (Wildman–Crippen MR) is 92.9 cm³/mol. The van der Waals surface area contributed by atoms with E-state index < -0.39 is 0 Å². The van der Waals surface area contributed by atoms with Crippen LogP contribution in [0.15, 0.2) is 30.3 Å². The zero-order chi connectivity index (χ0) is 17.6. The molecule has 0 bridgehead atoms. The molecule has 3 rings (SSSR count). The van der Waals surface area contributed by atoms with Gasteiger partial charge >= 0.3 is 0 Å². The summed E-state index contributed by atoms with van der Waals surface area (Å²) in [6.45, 7) is 5.83. The number of benzene rings is 1. The van der Waals surface area contributed by atoms with Gasteiger partial charge in [0.25, 0.3) is 0 Å². The second-order valence-corrected chi connectivity index (χ2v) is 6.19. The maximum Gasteiger partial charge on any atom is 0.217 e. The Morgan fingerprint density at radius 1 is 1.32 bits per heavy atom. The fraction of sp³-hybridized carbons (Fsp3) is 0.444. The lowest BCUT2D eigenvalue weighted by Gasteiger charge is -2.27. The van der Waals surface area contributed by atoms with Gasteiger partial charge in [0, 0.05) is 26.6 Å². The summed E-state index contributed by atoms with van der Waals surface area (Å²) in [4.78, 5) is 13.4. The third-order valence-electron chi connectivity index (χ3n) is 4.14. The Balaban J connectivity index is 1.56. The van der Waals surface area contributed by atoms with Crippen molar-refractivity contribution in [2.75, 3.05) is 19.8 Å². The van der Waals surface area contributed by atoms with Crippen LogP contribution in [0.4, 0.5) is 0 Å². The maximum absolute atomic E-state index is 11.0. The third-order valence-corrected chi connectivity index (χ3v) is 4.14. The van der Waals surface area contributed by atoms with Crippen LogP contribution in [0.3, 0.4) is 0 Å². The molecule has 1 aromatic heterocycles. The van der Waals surface area contributed by atoms with Gasteiger partial charge in [-0.2, -0.15) is 5.10 Å². The van der Waals surface area contributed by atoms with E-state index in [4.69, 9.17) is 9.84 Å². The van der Waals surface area contributed by atoms with Gasteiger partial charge in [-0.3, -0.25) is 14.4 Å². The normalized spacial score (nSPS) is 14.2. The largest absolute Gasteiger partial charge is 0.491 e. The second kappa shape index (κ2) is 8.13. The van der Waals surface area contributed by atoms with Crippen LogP contribution in [0.5, 0.6) is 5.75 Å². The van der Waals surface area contributed by atoms with Gasteiger partial charge in [-0.15, -0.1) is 0 Å². The van der Waals surface area contributed by atoms with Gasteiger partial charge in [0.2, 0.25) is 5.91 Å². The molecule has 0 unspecified atom stereocenters. The highest BCUT2D eigenvalue weighted by Crippen LogP contribution is 2.18. The topological polar surface area (TPSA) is 79.6 Å². The summed E-state index contributed by atoms with van der Waals surface area (Å²) in [5.41, 5.74) is 3.30. The highest BCUT2D eigenvalue weighted by molar-refractivity contribution is 5.72. The molecule has 0 saturated heterocycles. The first-order valence-electron chi connectivity index (χ1n) is 8.49. The number of aliphatic hydroxyl groups is 1. The molecule has 2 N–H and O–H groups in total. The van der Waals surface area contributed by atoms with E-state index in [0.29, 0.717) is 13.2 Å². The van der Waals surface area contributed by atoms with Crippen molar-refractivity contribution < 1.29 is 14.6 Å². The molecular weight excluding hydrogens is 320 g/mol. The van der Waals surface area contributed by atoms with E-state index in [-0.39, 0.29) is 12.5 Å². The van der Waals surface area contributed by atoms with E-state index >= 15 is 0 Å². The number of fused-ring (bicyclic) bond motifs is 1.